The van der Waals surface area contributed by atoms with Crippen LogP contribution >= 0.6 is 0 Å². The number of carbonyl (C=O) groups is 1. The Labute approximate surface area is 78.6 Å². The van der Waals surface area contributed by atoms with E-state index in [4.69, 9.17) is 16.2 Å². The molecule has 0 aromatic heterocycles. The van der Waals surface area contributed by atoms with Crippen molar-refractivity contribution in [2.24, 2.45) is 11.7 Å². The third kappa shape index (κ3) is 6.13. The lowest BCUT2D eigenvalue weighted by Crippen LogP contribution is -2.13. The van der Waals surface area contributed by atoms with Crippen molar-refractivity contribution < 1.29 is 9.90 Å². The molecule has 4 N–H and O–H groups in total. The van der Waals surface area contributed by atoms with Crippen molar-refractivity contribution in [2.75, 3.05) is 0 Å². The van der Waals surface area contributed by atoms with Crippen LogP contribution in [0.25, 0.3) is 0 Å². The fraction of sp³-hybridized carbons (Fsp3) is 0.778. The summed E-state index contributed by atoms with van der Waals surface area (Å²) in [5.41, 5.74) is 5.17. The summed E-state index contributed by atoms with van der Waals surface area (Å²) in [4.78, 5) is 10.6. The zero-order chi connectivity index (χ0) is 10.3. The van der Waals surface area contributed by atoms with Gasteiger partial charge < -0.3 is 10.8 Å². The molecular weight excluding hydrogens is 168 g/mol. The van der Waals surface area contributed by atoms with Crippen LogP contribution in [0.5, 0.6) is 0 Å². The smallest absolute Gasteiger partial charge is 0.306 e. The van der Waals surface area contributed by atoms with E-state index in [1.807, 2.05) is 6.92 Å². The molecule has 0 aliphatic rings. The summed E-state index contributed by atoms with van der Waals surface area (Å²) in [6.07, 6.45) is 3.61. The number of amidine groups is 1. The van der Waals surface area contributed by atoms with E-state index >= 15 is 0 Å². The van der Waals surface area contributed by atoms with Crippen LogP contribution in [-0.4, -0.2) is 16.9 Å². The third-order valence-electron chi connectivity index (χ3n) is 2.09. The van der Waals surface area contributed by atoms with E-state index in [0.29, 0.717) is 19.3 Å². The summed E-state index contributed by atoms with van der Waals surface area (Å²) in [5.74, 6) is -0.763. The van der Waals surface area contributed by atoms with Crippen LogP contribution in [0.3, 0.4) is 0 Å². The molecule has 4 nitrogen and oxygen atoms in total. The molecule has 0 spiro atoms. The minimum atomic E-state index is -0.717. The number of carboxylic acid groups (broad SMARTS) is 1. The maximum absolute atomic E-state index is 10.6. The first-order chi connectivity index (χ1) is 6.07. The van der Waals surface area contributed by atoms with Gasteiger partial charge in [-0.25, -0.2) is 0 Å². The molecule has 0 radical (unpaired) electrons. The Morgan fingerprint density at radius 1 is 1.54 bits per heavy atom. The van der Waals surface area contributed by atoms with E-state index in [-0.39, 0.29) is 11.8 Å². The van der Waals surface area contributed by atoms with Crippen LogP contribution in [-0.2, 0) is 4.79 Å². The quantitative estimate of drug-likeness (QED) is 0.320. The van der Waals surface area contributed by atoms with Gasteiger partial charge in [0, 0.05) is 6.42 Å². The minimum Gasteiger partial charge on any atom is -0.481 e. The predicted octanol–water partition coefficient (Wildman–Crippen LogP) is 1.59. The molecule has 4 heteroatoms. The summed E-state index contributed by atoms with van der Waals surface area (Å²) >= 11 is 0. The van der Waals surface area contributed by atoms with E-state index < -0.39 is 5.97 Å². The van der Waals surface area contributed by atoms with E-state index in [1.165, 1.54) is 0 Å². The van der Waals surface area contributed by atoms with Gasteiger partial charge in [0.1, 0.15) is 0 Å². The molecule has 13 heavy (non-hydrogen) atoms. The molecule has 0 aliphatic carbocycles. The molecule has 0 rings (SSSR count). The Bertz CT molecular complexity index is 180. The number of unbranched alkanes of at least 4 members (excludes halogenated alkanes) is 1. The van der Waals surface area contributed by atoms with Crippen LogP contribution in [0, 0.1) is 11.3 Å². The number of nitrogens with one attached hydrogen (secondary N) is 1. The molecule has 0 aromatic carbocycles. The molecule has 1 unspecified atom stereocenters. The average Bonchev–Trinajstić information content (AvgIpc) is 2.03. The van der Waals surface area contributed by atoms with Gasteiger partial charge >= 0.3 is 5.97 Å². The normalized spacial score (nSPS) is 12.4. The topological polar surface area (TPSA) is 87.2 Å². The van der Waals surface area contributed by atoms with E-state index in [1.54, 1.807) is 0 Å². The molecule has 0 bridgehead atoms. The minimum absolute atomic E-state index is 0.184. The van der Waals surface area contributed by atoms with Gasteiger partial charge in [-0.1, -0.05) is 13.3 Å². The van der Waals surface area contributed by atoms with Gasteiger partial charge in [-0.3, -0.25) is 10.2 Å². The highest BCUT2D eigenvalue weighted by Gasteiger charge is 2.13. The number of aliphatic carboxylic acids is 1. The SMILES string of the molecule is CCC(CCCCC(=N)N)C(=O)O. The summed E-state index contributed by atoms with van der Waals surface area (Å²) in [6.45, 7) is 1.88. The van der Waals surface area contributed by atoms with Crippen LogP contribution in [0.2, 0.25) is 0 Å². The van der Waals surface area contributed by atoms with Gasteiger partial charge in [-0.15, -0.1) is 0 Å². The van der Waals surface area contributed by atoms with Crippen molar-refractivity contribution in [3.63, 3.8) is 0 Å². The molecular formula is C9H18N2O2. The molecule has 0 heterocycles. The standard InChI is InChI=1S/C9H18N2O2/c1-2-7(9(12)13)5-3-4-6-8(10)11/h7H,2-6H2,1H3,(H3,10,11)(H,12,13). The van der Waals surface area contributed by atoms with E-state index in [9.17, 15) is 4.79 Å². The van der Waals surface area contributed by atoms with Crippen molar-refractivity contribution >= 4 is 11.8 Å². The number of nitrogens with two attached hydrogens (primary N) is 1. The van der Waals surface area contributed by atoms with Gasteiger partial charge in [0.15, 0.2) is 0 Å². The molecule has 0 saturated heterocycles. The van der Waals surface area contributed by atoms with Gasteiger partial charge in [0.2, 0.25) is 0 Å². The Balaban J connectivity index is 3.50. The van der Waals surface area contributed by atoms with Gasteiger partial charge in [-0.2, -0.15) is 0 Å². The average molecular weight is 186 g/mol. The number of hydrogen-bond acceptors (Lipinski definition) is 2. The Morgan fingerprint density at radius 3 is 2.54 bits per heavy atom. The molecule has 76 valence electrons. The first-order valence-corrected chi connectivity index (χ1v) is 4.63. The summed E-state index contributed by atoms with van der Waals surface area (Å²) in [5, 5.41) is 15.7. The highest BCUT2D eigenvalue weighted by atomic mass is 16.4. The van der Waals surface area contributed by atoms with Crippen molar-refractivity contribution in [3.05, 3.63) is 0 Å². The number of hydrogen-bond donors (Lipinski definition) is 3. The Kier molecular flexibility index (Phi) is 5.93. The van der Waals surface area contributed by atoms with E-state index in [2.05, 4.69) is 0 Å². The second-order valence-corrected chi connectivity index (χ2v) is 3.21. The first-order valence-electron chi connectivity index (χ1n) is 4.63. The highest BCUT2D eigenvalue weighted by molar-refractivity contribution is 5.76. The summed E-state index contributed by atoms with van der Waals surface area (Å²) in [6, 6.07) is 0. The maximum atomic E-state index is 10.6. The third-order valence-corrected chi connectivity index (χ3v) is 2.09. The van der Waals surface area contributed by atoms with Gasteiger partial charge in [-0.05, 0) is 19.3 Å². The molecule has 0 aliphatic heterocycles. The largest absolute Gasteiger partial charge is 0.481 e. The van der Waals surface area contributed by atoms with Crippen molar-refractivity contribution in [1.29, 1.82) is 5.41 Å². The monoisotopic (exact) mass is 186 g/mol. The van der Waals surface area contributed by atoms with Crippen molar-refractivity contribution in [2.45, 2.75) is 39.0 Å². The van der Waals surface area contributed by atoms with Gasteiger partial charge in [0.05, 0.1) is 11.8 Å². The zero-order valence-electron chi connectivity index (χ0n) is 8.05. The second-order valence-electron chi connectivity index (χ2n) is 3.21. The lowest BCUT2D eigenvalue weighted by atomic mass is 9.99. The second kappa shape index (κ2) is 6.46. The van der Waals surface area contributed by atoms with Crippen LogP contribution in [0.1, 0.15) is 39.0 Å². The van der Waals surface area contributed by atoms with Crippen LogP contribution in [0.4, 0.5) is 0 Å². The lowest BCUT2D eigenvalue weighted by molar-refractivity contribution is -0.142. The first kappa shape index (κ1) is 11.9. The number of carboxylic acids is 1. The van der Waals surface area contributed by atoms with Crippen molar-refractivity contribution in [3.8, 4) is 0 Å². The molecule has 0 saturated carbocycles. The number of rotatable bonds is 7. The highest BCUT2D eigenvalue weighted by Crippen LogP contribution is 2.13. The maximum Gasteiger partial charge on any atom is 0.306 e. The van der Waals surface area contributed by atoms with Crippen molar-refractivity contribution in [1.82, 2.24) is 0 Å². The van der Waals surface area contributed by atoms with Crippen LogP contribution < -0.4 is 5.73 Å². The van der Waals surface area contributed by atoms with Gasteiger partial charge in [0.25, 0.3) is 0 Å². The summed E-state index contributed by atoms with van der Waals surface area (Å²) in [7, 11) is 0. The Hall–Kier alpha value is -1.06. The molecule has 0 aromatic rings. The zero-order valence-corrected chi connectivity index (χ0v) is 8.05. The van der Waals surface area contributed by atoms with E-state index in [0.717, 1.165) is 12.8 Å². The molecule has 0 amide bonds. The fourth-order valence-electron chi connectivity index (χ4n) is 1.21. The predicted molar refractivity (Wildman–Crippen MR) is 51.8 cm³/mol. The van der Waals surface area contributed by atoms with Crippen LogP contribution in [0.15, 0.2) is 0 Å². The Morgan fingerprint density at radius 2 is 2.15 bits per heavy atom. The molecule has 0 fully saturated rings. The fourth-order valence-corrected chi connectivity index (χ4v) is 1.21. The molecule has 1 atom stereocenters. The summed E-state index contributed by atoms with van der Waals surface area (Å²) < 4.78 is 0. The lowest BCUT2D eigenvalue weighted by Gasteiger charge is -2.08.